The van der Waals surface area contributed by atoms with Gasteiger partial charge in [-0.25, -0.2) is 4.79 Å². The number of esters is 1. The summed E-state index contributed by atoms with van der Waals surface area (Å²) in [4.78, 5) is 32.7. The smallest absolute Gasteiger partial charge is 0.342 e. The van der Waals surface area contributed by atoms with Crippen LogP contribution >= 0.6 is 0 Å². The minimum absolute atomic E-state index is 0.0624. The minimum Gasteiger partial charge on any atom is -0.508 e. The molecule has 1 heterocycles. The van der Waals surface area contributed by atoms with E-state index in [1.165, 1.54) is 6.07 Å². The van der Waals surface area contributed by atoms with Crippen LogP contribution in [0.2, 0.25) is 0 Å². The second-order valence-electron chi connectivity index (χ2n) is 9.38. The highest BCUT2D eigenvalue weighted by Gasteiger charge is 2.20. The lowest BCUT2D eigenvalue weighted by molar-refractivity contribution is -0.139. The Labute approximate surface area is 207 Å². The number of rotatable bonds is 8. The van der Waals surface area contributed by atoms with Gasteiger partial charge in [-0.3, -0.25) is 15.1 Å². The maximum absolute atomic E-state index is 12.8. The molecule has 8 heteroatoms. The Bertz CT molecular complexity index is 939. The normalized spacial score (nSPS) is 16.3. The number of hydroxylamine groups is 1. The number of carbonyl (C=O) groups excluding carboxylic acids is 2. The summed E-state index contributed by atoms with van der Waals surface area (Å²) >= 11 is 0. The molecular weight excluding hydrogens is 448 g/mol. The van der Waals surface area contributed by atoms with Crippen molar-refractivity contribution in [3.63, 3.8) is 0 Å². The van der Waals surface area contributed by atoms with E-state index in [0.717, 1.165) is 18.9 Å². The number of nitrogens with zero attached hydrogens (tertiary/aromatic N) is 1. The van der Waals surface area contributed by atoms with Crippen molar-refractivity contribution in [2.24, 2.45) is 11.8 Å². The van der Waals surface area contributed by atoms with Gasteiger partial charge in [-0.05, 0) is 54.9 Å². The van der Waals surface area contributed by atoms with Gasteiger partial charge in [-0.1, -0.05) is 45.9 Å². The molecule has 35 heavy (non-hydrogen) atoms. The first kappa shape index (κ1) is 28.0. The Kier molecular flexibility index (Phi) is 11.4. The van der Waals surface area contributed by atoms with Crippen LogP contribution in [0.15, 0.2) is 42.1 Å². The first-order chi connectivity index (χ1) is 16.7. The number of fused-ring (bicyclic) bond motifs is 1. The molecule has 1 aliphatic rings. The van der Waals surface area contributed by atoms with Crippen molar-refractivity contribution in [1.29, 1.82) is 0 Å². The predicted molar refractivity (Wildman–Crippen MR) is 136 cm³/mol. The van der Waals surface area contributed by atoms with Crippen LogP contribution in [0.5, 0.6) is 11.5 Å². The summed E-state index contributed by atoms with van der Waals surface area (Å²) in [5.41, 5.74) is 3.41. The maximum Gasteiger partial charge on any atom is 0.342 e. The van der Waals surface area contributed by atoms with Gasteiger partial charge in [0.25, 0.3) is 5.91 Å². The molecule has 0 saturated carbocycles. The standard InChI is InChI=1S/C27H38N2O6/c1-19(2)16-29(17-20(3)4)25(32)18-35-28-22-11-9-7-5-6-8-10-12-34-27(33)26-21(13-22)14-23(30)15-24(26)31/h6,8-9,11,13-15,19-20,28,30-31H,5,7,10,12,16-18H2,1-4H3/b8-6?,11-9?,22-13-. The number of hydrogen-bond acceptors (Lipinski definition) is 7. The summed E-state index contributed by atoms with van der Waals surface area (Å²) in [5.74, 6) is -0.748. The first-order valence-corrected chi connectivity index (χ1v) is 12.1. The van der Waals surface area contributed by atoms with Crippen LogP contribution in [0.3, 0.4) is 0 Å². The number of carbonyl (C=O) groups is 2. The molecule has 1 amide bonds. The van der Waals surface area contributed by atoms with Gasteiger partial charge < -0.3 is 19.8 Å². The summed E-state index contributed by atoms with van der Waals surface area (Å²) in [6.45, 7) is 9.54. The molecule has 3 N–H and O–H groups in total. The number of amides is 1. The van der Waals surface area contributed by atoms with Crippen molar-refractivity contribution in [1.82, 2.24) is 10.4 Å². The highest BCUT2D eigenvalue weighted by atomic mass is 16.6. The fraction of sp³-hybridized carbons (Fsp3) is 0.481. The quantitative estimate of drug-likeness (QED) is 0.281. The Morgan fingerprint density at radius 1 is 1.06 bits per heavy atom. The van der Waals surface area contributed by atoms with E-state index in [-0.39, 0.29) is 41.7 Å². The van der Waals surface area contributed by atoms with E-state index in [1.807, 2.05) is 18.2 Å². The lowest BCUT2D eigenvalue weighted by atomic mass is 10.0. The van der Waals surface area contributed by atoms with Gasteiger partial charge in [-0.2, -0.15) is 0 Å². The van der Waals surface area contributed by atoms with Crippen molar-refractivity contribution < 1.29 is 29.4 Å². The van der Waals surface area contributed by atoms with Crippen LogP contribution in [0.25, 0.3) is 6.08 Å². The molecule has 1 aromatic rings. The van der Waals surface area contributed by atoms with Gasteiger partial charge in [-0.15, -0.1) is 0 Å². The molecule has 0 aliphatic carbocycles. The number of hydrogen-bond donors (Lipinski definition) is 3. The number of benzene rings is 1. The summed E-state index contributed by atoms with van der Waals surface area (Å²) in [6, 6.07) is 2.45. The Balaban J connectivity index is 2.26. The number of nitrogens with one attached hydrogen (secondary N) is 1. The third-order valence-electron chi connectivity index (χ3n) is 5.04. The zero-order valence-electron chi connectivity index (χ0n) is 21.1. The monoisotopic (exact) mass is 486 g/mol. The number of phenols is 2. The lowest BCUT2D eigenvalue weighted by Gasteiger charge is -2.26. The van der Waals surface area contributed by atoms with E-state index in [2.05, 4.69) is 33.2 Å². The largest absolute Gasteiger partial charge is 0.508 e. The van der Waals surface area contributed by atoms with Crippen molar-refractivity contribution in [2.45, 2.75) is 47.0 Å². The topological polar surface area (TPSA) is 108 Å². The zero-order chi connectivity index (χ0) is 25.8. The van der Waals surface area contributed by atoms with Crippen LogP contribution in [0.1, 0.15) is 62.9 Å². The third-order valence-corrected chi connectivity index (χ3v) is 5.04. The van der Waals surface area contributed by atoms with Crippen LogP contribution in [0, 0.1) is 11.8 Å². The second-order valence-corrected chi connectivity index (χ2v) is 9.38. The summed E-state index contributed by atoms with van der Waals surface area (Å²) < 4.78 is 5.29. The van der Waals surface area contributed by atoms with Gasteiger partial charge in [0.05, 0.1) is 12.3 Å². The number of ether oxygens (including phenoxy) is 1. The van der Waals surface area contributed by atoms with Crippen LogP contribution in [-0.4, -0.2) is 53.3 Å². The second kappa shape index (κ2) is 14.2. The van der Waals surface area contributed by atoms with E-state index < -0.39 is 5.97 Å². The molecule has 1 aromatic carbocycles. The van der Waals surface area contributed by atoms with Crippen LogP contribution in [0.4, 0.5) is 0 Å². The summed E-state index contributed by atoms with van der Waals surface area (Å²) in [6.07, 6.45) is 11.4. The van der Waals surface area contributed by atoms with Crippen LogP contribution in [-0.2, 0) is 14.4 Å². The summed E-state index contributed by atoms with van der Waals surface area (Å²) in [5, 5.41) is 20.3. The molecule has 192 valence electrons. The van der Waals surface area contributed by atoms with Crippen LogP contribution < -0.4 is 5.48 Å². The molecule has 0 atom stereocenters. The minimum atomic E-state index is -0.698. The zero-order valence-corrected chi connectivity index (χ0v) is 21.1. The maximum atomic E-state index is 12.8. The van der Waals surface area contributed by atoms with Crippen molar-refractivity contribution in [3.8, 4) is 11.5 Å². The Morgan fingerprint density at radius 2 is 1.71 bits per heavy atom. The van der Waals surface area contributed by atoms with Crippen molar-refractivity contribution in [2.75, 3.05) is 26.3 Å². The van der Waals surface area contributed by atoms with Crippen molar-refractivity contribution >= 4 is 18.0 Å². The molecule has 0 unspecified atom stereocenters. The van der Waals surface area contributed by atoms with Gasteiger partial charge in [0.15, 0.2) is 6.61 Å². The third kappa shape index (κ3) is 9.86. The Hall–Kier alpha value is -3.26. The molecule has 1 aliphatic heterocycles. The molecule has 0 spiro atoms. The molecular formula is C27H38N2O6. The van der Waals surface area contributed by atoms with E-state index in [4.69, 9.17) is 9.57 Å². The fourth-order valence-electron chi connectivity index (χ4n) is 3.61. The van der Waals surface area contributed by atoms with E-state index in [1.54, 1.807) is 17.1 Å². The van der Waals surface area contributed by atoms with E-state index in [9.17, 15) is 19.8 Å². The average molecular weight is 487 g/mol. The average Bonchev–Trinajstić information content (AvgIpc) is 2.75. The van der Waals surface area contributed by atoms with E-state index in [0.29, 0.717) is 37.0 Å². The van der Waals surface area contributed by atoms with E-state index >= 15 is 0 Å². The SMILES string of the molecule is CC(C)CN(CC(C)C)C(=O)CON/C1=C\c2cc(O)cc(O)c2C(=O)OCCC=CCCC=C1. The molecule has 2 rings (SSSR count). The molecule has 0 bridgehead atoms. The number of phenolic OH excluding ortho intramolecular Hbond substituents is 2. The Morgan fingerprint density at radius 3 is 2.40 bits per heavy atom. The highest BCUT2D eigenvalue weighted by molar-refractivity contribution is 5.97. The van der Waals surface area contributed by atoms with Crippen molar-refractivity contribution in [3.05, 3.63) is 53.3 Å². The number of cyclic esters (lactones) is 1. The molecule has 0 saturated heterocycles. The van der Waals surface area contributed by atoms with Gasteiger partial charge in [0.1, 0.15) is 17.1 Å². The number of aromatic hydroxyl groups is 2. The lowest BCUT2D eigenvalue weighted by Crippen LogP contribution is -2.40. The first-order valence-electron chi connectivity index (χ1n) is 12.1. The molecule has 0 aromatic heterocycles. The highest BCUT2D eigenvalue weighted by Crippen LogP contribution is 2.29. The number of allylic oxidation sites excluding steroid dienone is 3. The van der Waals surface area contributed by atoms with Gasteiger partial charge >= 0.3 is 5.97 Å². The molecule has 8 nitrogen and oxygen atoms in total. The van der Waals surface area contributed by atoms with Gasteiger partial charge in [0, 0.05) is 19.2 Å². The molecule has 0 radical (unpaired) electrons. The summed E-state index contributed by atoms with van der Waals surface area (Å²) in [7, 11) is 0. The molecule has 0 fully saturated rings. The predicted octanol–water partition coefficient (Wildman–Crippen LogP) is 4.55. The fourth-order valence-corrected chi connectivity index (χ4v) is 3.61. The van der Waals surface area contributed by atoms with Gasteiger partial charge in [0.2, 0.25) is 0 Å².